The van der Waals surface area contributed by atoms with Gasteiger partial charge in [0.1, 0.15) is 5.92 Å². The Hall–Kier alpha value is -3.01. The molecule has 7 heteroatoms. The van der Waals surface area contributed by atoms with E-state index in [0.29, 0.717) is 11.3 Å². The summed E-state index contributed by atoms with van der Waals surface area (Å²) in [4.78, 5) is 23.2. The highest BCUT2D eigenvalue weighted by Gasteiger charge is 2.52. The van der Waals surface area contributed by atoms with Crippen LogP contribution in [0.5, 0.6) is 0 Å². The van der Waals surface area contributed by atoms with Crippen LogP contribution in [0.15, 0.2) is 46.3 Å². The van der Waals surface area contributed by atoms with Gasteiger partial charge in [0.05, 0.1) is 17.3 Å². The molecule has 1 aliphatic heterocycles. The molecule has 0 aliphatic carbocycles. The predicted octanol–water partition coefficient (Wildman–Crippen LogP) is 1.92. The highest BCUT2D eigenvalue weighted by molar-refractivity contribution is 5.93. The highest BCUT2D eigenvalue weighted by atomic mass is 16.4. The van der Waals surface area contributed by atoms with Crippen molar-refractivity contribution in [3.63, 3.8) is 0 Å². The molecule has 0 saturated heterocycles. The highest BCUT2D eigenvalue weighted by Crippen LogP contribution is 2.38. The first-order chi connectivity index (χ1) is 9.90. The molecule has 1 aromatic rings. The summed E-state index contributed by atoms with van der Waals surface area (Å²) >= 11 is 0. The summed E-state index contributed by atoms with van der Waals surface area (Å²) in [5.41, 5.74) is -1.03. The van der Waals surface area contributed by atoms with Crippen molar-refractivity contribution in [3.05, 3.63) is 47.2 Å². The third-order valence-electron chi connectivity index (χ3n) is 3.20. The Balaban J connectivity index is 2.57. The van der Waals surface area contributed by atoms with Crippen molar-refractivity contribution in [2.75, 3.05) is 0 Å². The number of nitrogens with zero attached hydrogens (tertiary/aromatic N) is 3. The number of nitriles is 1. The summed E-state index contributed by atoms with van der Waals surface area (Å²) < 4.78 is 0. The average Bonchev–Trinajstić information content (AvgIpc) is 2.82. The summed E-state index contributed by atoms with van der Waals surface area (Å²) in [5, 5.41) is 35.0. The van der Waals surface area contributed by atoms with Gasteiger partial charge in [-0.3, -0.25) is 4.79 Å². The molecule has 0 bridgehead atoms. The minimum absolute atomic E-state index is 0.244. The first kappa shape index (κ1) is 14.4. The summed E-state index contributed by atoms with van der Waals surface area (Å²) in [7, 11) is 0. The summed E-state index contributed by atoms with van der Waals surface area (Å²) in [6.45, 7) is 1.55. The number of carboxylic acids is 2. The molecular weight excluding hydrogens is 274 g/mol. The summed E-state index contributed by atoms with van der Waals surface area (Å²) in [6.07, 6.45) is 1.23. The van der Waals surface area contributed by atoms with E-state index in [1.807, 2.05) is 6.07 Å². The van der Waals surface area contributed by atoms with Crippen molar-refractivity contribution >= 4 is 11.9 Å². The molecule has 2 atom stereocenters. The van der Waals surface area contributed by atoms with E-state index in [1.165, 1.54) is 30.3 Å². The molecule has 2 unspecified atom stereocenters. The monoisotopic (exact) mass is 285 g/mol. The number of carbonyl (C=O) groups is 2. The quantitative estimate of drug-likeness (QED) is 0.874. The normalized spacial score (nSPS) is 21.4. The second-order valence-corrected chi connectivity index (χ2v) is 4.62. The average molecular weight is 285 g/mol. The second kappa shape index (κ2) is 5.17. The Morgan fingerprint density at radius 1 is 1.29 bits per heavy atom. The Labute approximate surface area is 119 Å². The van der Waals surface area contributed by atoms with Gasteiger partial charge in [0.25, 0.3) is 0 Å². The molecule has 1 aliphatic rings. The number of hydrogen-bond acceptors (Lipinski definition) is 5. The molecule has 1 aromatic carbocycles. The van der Waals surface area contributed by atoms with Gasteiger partial charge in [-0.2, -0.15) is 15.5 Å². The van der Waals surface area contributed by atoms with Crippen LogP contribution in [0.2, 0.25) is 0 Å². The molecule has 106 valence electrons. The zero-order valence-corrected chi connectivity index (χ0v) is 11.0. The molecule has 0 spiro atoms. The fourth-order valence-electron chi connectivity index (χ4n) is 2.24. The van der Waals surface area contributed by atoms with Gasteiger partial charge in [-0.25, -0.2) is 4.79 Å². The van der Waals surface area contributed by atoms with Crippen molar-refractivity contribution < 1.29 is 19.8 Å². The molecule has 2 rings (SSSR count). The molecule has 7 nitrogen and oxygen atoms in total. The molecule has 0 radical (unpaired) electrons. The van der Waals surface area contributed by atoms with Crippen LogP contribution in [0.4, 0.5) is 0 Å². The van der Waals surface area contributed by atoms with E-state index >= 15 is 0 Å². The Kier molecular flexibility index (Phi) is 3.54. The van der Waals surface area contributed by atoms with E-state index in [9.17, 15) is 19.8 Å². The van der Waals surface area contributed by atoms with Gasteiger partial charge in [-0.1, -0.05) is 12.1 Å². The van der Waals surface area contributed by atoms with Crippen LogP contribution in [0, 0.1) is 11.3 Å². The SMILES string of the molecule is CC1=CC(C(=O)O)(C(C(=O)O)c2ccc(C#N)cc2)N=N1. The van der Waals surface area contributed by atoms with Crippen LogP contribution in [0.25, 0.3) is 0 Å². The second-order valence-electron chi connectivity index (χ2n) is 4.62. The van der Waals surface area contributed by atoms with E-state index in [1.54, 1.807) is 6.92 Å². The number of hydrogen-bond donors (Lipinski definition) is 2. The molecule has 2 N–H and O–H groups in total. The van der Waals surface area contributed by atoms with Crippen LogP contribution < -0.4 is 0 Å². The van der Waals surface area contributed by atoms with E-state index in [-0.39, 0.29) is 5.56 Å². The zero-order valence-electron chi connectivity index (χ0n) is 11.0. The third kappa shape index (κ3) is 2.39. The van der Waals surface area contributed by atoms with Gasteiger partial charge in [0.15, 0.2) is 0 Å². The van der Waals surface area contributed by atoms with E-state index < -0.39 is 23.4 Å². The standard InChI is InChI=1S/C14H11N3O4/c1-8-6-14(13(20)21,17-16-8)11(12(18)19)10-4-2-9(7-15)3-5-10/h2-6,11H,1H3,(H,18,19)(H,20,21). The van der Waals surface area contributed by atoms with Crippen molar-refractivity contribution in [2.24, 2.45) is 10.2 Å². The molecule has 0 saturated carbocycles. The van der Waals surface area contributed by atoms with Gasteiger partial charge in [-0.15, -0.1) is 0 Å². The zero-order chi connectivity index (χ0) is 15.6. The van der Waals surface area contributed by atoms with Crippen LogP contribution in [-0.2, 0) is 9.59 Å². The number of azo groups is 1. The smallest absolute Gasteiger partial charge is 0.338 e. The van der Waals surface area contributed by atoms with Gasteiger partial charge < -0.3 is 10.2 Å². The molecule has 1 heterocycles. The lowest BCUT2D eigenvalue weighted by Gasteiger charge is -2.25. The maximum Gasteiger partial charge on any atom is 0.338 e. The first-order valence-corrected chi connectivity index (χ1v) is 5.99. The lowest BCUT2D eigenvalue weighted by atomic mass is 9.79. The minimum Gasteiger partial charge on any atom is -0.481 e. The van der Waals surface area contributed by atoms with Gasteiger partial charge >= 0.3 is 11.9 Å². The summed E-state index contributed by atoms with van der Waals surface area (Å²) in [6, 6.07) is 7.61. The fraction of sp³-hybridized carbons (Fsp3) is 0.214. The van der Waals surface area contributed by atoms with Crippen molar-refractivity contribution in [1.29, 1.82) is 5.26 Å². The molecule has 0 amide bonds. The molecule has 0 fully saturated rings. The first-order valence-electron chi connectivity index (χ1n) is 5.99. The Bertz CT molecular complexity index is 700. The largest absolute Gasteiger partial charge is 0.481 e. The van der Waals surface area contributed by atoms with E-state index in [4.69, 9.17) is 5.26 Å². The van der Waals surface area contributed by atoms with Crippen LogP contribution in [0.3, 0.4) is 0 Å². The van der Waals surface area contributed by atoms with Crippen LogP contribution >= 0.6 is 0 Å². The van der Waals surface area contributed by atoms with Crippen LogP contribution in [-0.4, -0.2) is 27.7 Å². The minimum atomic E-state index is -1.97. The van der Waals surface area contributed by atoms with Crippen molar-refractivity contribution in [2.45, 2.75) is 18.4 Å². The molecular formula is C14H11N3O4. The lowest BCUT2D eigenvalue weighted by molar-refractivity contribution is -0.149. The van der Waals surface area contributed by atoms with Crippen molar-refractivity contribution in [3.8, 4) is 6.07 Å². The number of aliphatic carboxylic acids is 2. The van der Waals surface area contributed by atoms with Gasteiger partial charge in [-0.05, 0) is 30.7 Å². The maximum atomic E-state index is 11.6. The van der Waals surface area contributed by atoms with Crippen LogP contribution in [0.1, 0.15) is 24.0 Å². The van der Waals surface area contributed by atoms with Gasteiger partial charge in [0.2, 0.25) is 5.54 Å². The number of rotatable bonds is 4. The number of carboxylic acid groups (broad SMARTS) is 2. The third-order valence-corrected chi connectivity index (χ3v) is 3.20. The molecule has 21 heavy (non-hydrogen) atoms. The number of benzene rings is 1. The molecule has 0 aromatic heterocycles. The lowest BCUT2D eigenvalue weighted by Crippen LogP contribution is -2.43. The topological polar surface area (TPSA) is 123 Å². The Morgan fingerprint density at radius 3 is 2.29 bits per heavy atom. The van der Waals surface area contributed by atoms with Crippen molar-refractivity contribution in [1.82, 2.24) is 0 Å². The predicted molar refractivity (Wildman–Crippen MR) is 70.5 cm³/mol. The summed E-state index contributed by atoms with van der Waals surface area (Å²) in [5.74, 6) is -4.14. The maximum absolute atomic E-state index is 11.6. The van der Waals surface area contributed by atoms with E-state index in [0.717, 1.165) is 0 Å². The number of allylic oxidation sites excluding steroid dienone is 1. The van der Waals surface area contributed by atoms with Gasteiger partial charge in [0, 0.05) is 0 Å². The Morgan fingerprint density at radius 2 is 1.90 bits per heavy atom. The van der Waals surface area contributed by atoms with E-state index in [2.05, 4.69) is 10.2 Å². The fourth-order valence-corrected chi connectivity index (χ4v) is 2.24.